The van der Waals surface area contributed by atoms with Crippen LogP contribution in [0, 0.1) is 6.92 Å². The lowest BCUT2D eigenvalue weighted by Crippen LogP contribution is -2.68. The van der Waals surface area contributed by atoms with Crippen molar-refractivity contribution in [3.8, 4) is 0 Å². The molecule has 0 spiro atoms. The summed E-state index contributed by atoms with van der Waals surface area (Å²) in [6.45, 7) is 5.03. The van der Waals surface area contributed by atoms with E-state index >= 15 is 0 Å². The maximum absolute atomic E-state index is 13.5. The zero-order valence-electron chi connectivity index (χ0n) is 15.7. The lowest BCUT2D eigenvalue weighted by Gasteiger charge is -2.53. The van der Waals surface area contributed by atoms with Crippen LogP contribution >= 0.6 is 11.8 Å². The van der Waals surface area contributed by atoms with E-state index in [9.17, 15) is 9.59 Å². The molecule has 2 aromatic rings. The largest absolute Gasteiger partial charge is 0.321 e. The van der Waals surface area contributed by atoms with E-state index in [0.717, 1.165) is 11.1 Å². The number of hydrogen-bond donors (Lipinski definition) is 0. The standard InChI is InChI=1S/C22H24N2O2S/c1-16-8-10-18(11-9-16)13-23-19-12-22(2,20(25)27-15-19)24(21(23)26)14-17-6-4-3-5-7-17/h3-11,19H,12-15H2,1-2H3/t19-,22-/m0/s1. The first-order valence-electron chi connectivity index (χ1n) is 9.32. The Morgan fingerprint density at radius 3 is 2.37 bits per heavy atom. The van der Waals surface area contributed by atoms with Crippen LogP contribution in [0.4, 0.5) is 4.79 Å². The van der Waals surface area contributed by atoms with E-state index in [-0.39, 0.29) is 17.2 Å². The molecule has 0 N–H and O–H groups in total. The van der Waals surface area contributed by atoms with Gasteiger partial charge in [-0.15, -0.1) is 0 Å². The molecule has 2 heterocycles. The SMILES string of the molecule is Cc1ccc(CN2C(=O)N(Cc3ccccc3)[C@@]3(C)C[C@H]2CSC3=O)cc1. The molecule has 5 heteroatoms. The van der Waals surface area contributed by atoms with E-state index < -0.39 is 5.54 Å². The van der Waals surface area contributed by atoms with Crippen LogP contribution in [-0.2, 0) is 17.9 Å². The third kappa shape index (κ3) is 3.36. The number of nitrogens with zero attached hydrogens (tertiary/aromatic N) is 2. The Morgan fingerprint density at radius 1 is 1.00 bits per heavy atom. The average molecular weight is 381 g/mol. The third-order valence-electron chi connectivity index (χ3n) is 5.65. The Labute approximate surface area is 164 Å². The molecular formula is C22H24N2O2S. The number of thioether (sulfide) groups is 1. The predicted molar refractivity (Wildman–Crippen MR) is 108 cm³/mol. The summed E-state index contributed by atoms with van der Waals surface area (Å²) in [5.41, 5.74) is 2.65. The smallest absolute Gasteiger partial charge is 0.316 e. The Hall–Kier alpha value is -2.27. The molecule has 2 fully saturated rings. The van der Waals surface area contributed by atoms with Crippen LogP contribution in [-0.4, -0.2) is 38.3 Å². The van der Waals surface area contributed by atoms with E-state index in [4.69, 9.17) is 0 Å². The first-order valence-corrected chi connectivity index (χ1v) is 10.3. The fraction of sp³-hybridized carbons (Fsp3) is 0.364. The van der Waals surface area contributed by atoms with Crippen LogP contribution in [0.1, 0.15) is 30.0 Å². The molecule has 2 amide bonds. The summed E-state index contributed by atoms with van der Waals surface area (Å²) < 4.78 is 0. The summed E-state index contributed by atoms with van der Waals surface area (Å²) in [4.78, 5) is 29.9. The number of benzene rings is 2. The molecule has 0 unspecified atom stereocenters. The van der Waals surface area contributed by atoms with E-state index in [1.807, 2.05) is 42.2 Å². The molecule has 0 saturated carbocycles. The van der Waals surface area contributed by atoms with Crippen molar-refractivity contribution in [2.24, 2.45) is 0 Å². The Morgan fingerprint density at radius 2 is 1.67 bits per heavy atom. The third-order valence-corrected chi connectivity index (χ3v) is 6.90. The van der Waals surface area contributed by atoms with Crippen molar-refractivity contribution in [1.29, 1.82) is 0 Å². The maximum atomic E-state index is 13.5. The minimum atomic E-state index is -0.732. The molecule has 2 atom stereocenters. The minimum absolute atomic E-state index is 0.0353. The molecule has 0 radical (unpaired) electrons. The maximum Gasteiger partial charge on any atom is 0.321 e. The van der Waals surface area contributed by atoms with Crippen molar-refractivity contribution in [2.45, 2.75) is 44.9 Å². The number of hydrogen-bond acceptors (Lipinski definition) is 3. The molecule has 2 aromatic carbocycles. The minimum Gasteiger partial charge on any atom is -0.316 e. The van der Waals surface area contributed by atoms with Crippen LogP contribution in [0.3, 0.4) is 0 Å². The molecule has 27 heavy (non-hydrogen) atoms. The number of rotatable bonds is 4. The molecule has 0 aliphatic carbocycles. The van der Waals surface area contributed by atoms with Crippen molar-refractivity contribution in [3.05, 3.63) is 71.3 Å². The van der Waals surface area contributed by atoms with Gasteiger partial charge in [0, 0.05) is 24.9 Å². The van der Waals surface area contributed by atoms with Gasteiger partial charge in [0.2, 0.25) is 5.12 Å². The lowest BCUT2D eigenvalue weighted by atomic mass is 9.88. The number of fused-ring (bicyclic) bond motifs is 2. The van der Waals surface area contributed by atoms with Gasteiger partial charge < -0.3 is 9.80 Å². The first-order chi connectivity index (χ1) is 13.0. The summed E-state index contributed by atoms with van der Waals surface area (Å²) in [6.07, 6.45) is 0.698. The van der Waals surface area contributed by atoms with E-state index in [0.29, 0.717) is 25.3 Å². The zero-order chi connectivity index (χ0) is 19.0. The van der Waals surface area contributed by atoms with Crippen LogP contribution in [0.15, 0.2) is 54.6 Å². The van der Waals surface area contributed by atoms with Crippen LogP contribution < -0.4 is 0 Å². The van der Waals surface area contributed by atoms with Crippen molar-refractivity contribution in [3.63, 3.8) is 0 Å². The highest BCUT2D eigenvalue weighted by atomic mass is 32.2. The van der Waals surface area contributed by atoms with Crippen molar-refractivity contribution in [1.82, 2.24) is 9.80 Å². The van der Waals surface area contributed by atoms with Gasteiger partial charge in [-0.25, -0.2) is 4.79 Å². The van der Waals surface area contributed by atoms with E-state index in [1.54, 1.807) is 4.90 Å². The van der Waals surface area contributed by atoms with Gasteiger partial charge in [0.25, 0.3) is 0 Å². The van der Waals surface area contributed by atoms with Crippen LogP contribution in [0.2, 0.25) is 0 Å². The van der Waals surface area contributed by atoms with Gasteiger partial charge in [-0.2, -0.15) is 0 Å². The Bertz CT molecular complexity index is 852. The fourth-order valence-corrected chi connectivity index (χ4v) is 5.11. The Balaban J connectivity index is 1.64. The fourth-order valence-electron chi connectivity index (χ4n) is 3.97. The molecule has 2 aliphatic heterocycles. The van der Waals surface area contributed by atoms with Gasteiger partial charge in [0.05, 0.1) is 0 Å². The highest BCUT2D eigenvalue weighted by molar-refractivity contribution is 8.14. The monoisotopic (exact) mass is 380 g/mol. The second kappa shape index (κ2) is 7.04. The molecule has 4 nitrogen and oxygen atoms in total. The highest BCUT2D eigenvalue weighted by Gasteiger charge is 2.53. The van der Waals surface area contributed by atoms with Gasteiger partial charge in [-0.1, -0.05) is 71.9 Å². The number of urea groups is 1. The topological polar surface area (TPSA) is 40.6 Å². The quantitative estimate of drug-likeness (QED) is 0.797. The molecular weight excluding hydrogens is 356 g/mol. The number of aryl methyl sites for hydroxylation is 1. The summed E-state index contributed by atoms with van der Waals surface area (Å²) in [7, 11) is 0. The van der Waals surface area contributed by atoms with Crippen molar-refractivity contribution >= 4 is 22.9 Å². The second-order valence-electron chi connectivity index (χ2n) is 7.70. The summed E-state index contributed by atoms with van der Waals surface area (Å²) in [6, 6.07) is 18.3. The summed E-state index contributed by atoms with van der Waals surface area (Å²) in [5, 5.41) is 0.109. The van der Waals surface area contributed by atoms with E-state index in [1.165, 1.54) is 17.3 Å². The van der Waals surface area contributed by atoms with Gasteiger partial charge in [-0.3, -0.25) is 4.79 Å². The summed E-state index contributed by atoms with van der Waals surface area (Å²) in [5.74, 6) is 0.686. The molecule has 2 bridgehead atoms. The van der Waals surface area contributed by atoms with Crippen LogP contribution in [0.5, 0.6) is 0 Å². The molecule has 2 saturated heterocycles. The number of carbonyl (C=O) groups excluding carboxylic acids is 2. The van der Waals surface area contributed by atoms with Crippen molar-refractivity contribution in [2.75, 3.05) is 5.75 Å². The normalized spacial score (nSPS) is 25.0. The molecule has 0 aromatic heterocycles. The van der Waals surface area contributed by atoms with Crippen LogP contribution in [0.25, 0.3) is 0 Å². The van der Waals surface area contributed by atoms with Gasteiger partial charge in [0.15, 0.2) is 0 Å². The highest BCUT2D eigenvalue weighted by Crippen LogP contribution is 2.41. The number of amides is 2. The van der Waals surface area contributed by atoms with Crippen molar-refractivity contribution < 1.29 is 9.59 Å². The predicted octanol–water partition coefficient (Wildman–Crippen LogP) is 4.22. The van der Waals surface area contributed by atoms with Gasteiger partial charge in [-0.05, 0) is 31.4 Å². The molecule has 2 aliphatic rings. The first kappa shape index (κ1) is 18.1. The number of carbonyl (C=O) groups is 2. The Kier molecular flexibility index (Phi) is 4.72. The lowest BCUT2D eigenvalue weighted by molar-refractivity contribution is -0.124. The average Bonchev–Trinajstić information content (AvgIpc) is 2.67. The second-order valence-corrected chi connectivity index (χ2v) is 8.69. The molecule has 4 rings (SSSR count). The zero-order valence-corrected chi connectivity index (χ0v) is 16.5. The van der Waals surface area contributed by atoms with E-state index in [2.05, 4.69) is 31.2 Å². The molecule has 140 valence electrons. The van der Waals surface area contributed by atoms with Gasteiger partial charge in [0.1, 0.15) is 5.54 Å². The van der Waals surface area contributed by atoms with Gasteiger partial charge >= 0.3 is 6.03 Å². The summed E-state index contributed by atoms with van der Waals surface area (Å²) >= 11 is 1.37.